The molecule has 0 fully saturated rings. The highest BCUT2D eigenvalue weighted by Crippen LogP contribution is 2.28. The van der Waals surface area contributed by atoms with E-state index in [9.17, 15) is 14.3 Å². The van der Waals surface area contributed by atoms with E-state index in [4.69, 9.17) is 4.74 Å². The summed E-state index contributed by atoms with van der Waals surface area (Å²) in [6.07, 6.45) is 3.05. The molecule has 2 aromatic heterocycles. The van der Waals surface area contributed by atoms with Gasteiger partial charge in [0, 0.05) is 24.9 Å². The van der Waals surface area contributed by atoms with Crippen molar-refractivity contribution in [2.24, 2.45) is 0 Å². The largest absolute Gasteiger partial charge is 0.481 e. The number of carboxylic acids is 1. The van der Waals surface area contributed by atoms with Crippen LogP contribution in [0.15, 0.2) is 85.2 Å². The van der Waals surface area contributed by atoms with E-state index < -0.39 is 17.7 Å². The van der Waals surface area contributed by atoms with Crippen LogP contribution in [0.2, 0.25) is 0 Å². The van der Waals surface area contributed by atoms with Crippen molar-refractivity contribution in [3.8, 4) is 11.8 Å². The minimum atomic E-state index is -0.986. The van der Waals surface area contributed by atoms with Crippen molar-refractivity contribution in [2.45, 2.75) is 18.9 Å². The molecule has 166 valence electrons. The van der Waals surface area contributed by atoms with Gasteiger partial charge in [-0.3, -0.25) is 4.79 Å². The lowest BCUT2D eigenvalue weighted by molar-refractivity contribution is -0.137. The normalized spacial score (nSPS) is 11.5. The molecule has 8 heteroatoms. The highest BCUT2D eigenvalue weighted by molar-refractivity contribution is 5.68. The third-order valence-corrected chi connectivity index (χ3v) is 4.93. The average Bonchev–Trinajstić information content (AvgIpc) is 2.83. The van der Waals surface area contributed by atoms with Crippen molar-refractivity contribution in [1.29, 1.82) is 0 Å². The summed E-state index contributed by atoms with van der Waals surface area (Å²) in [5.74, 6) is -0.600. The van der Waals surface area contributed by atoms with E-state index in [0.717, 1.165) is 11.4 Å². The van der Waals surface area contributed by atoms with Crippen LogP contribution >= 0.6 is 0 Å². The van der Waals surface area contributed by atoms with Gasteiger partial charge >= 0.3 is 12.0 Å². The minimum absolute atomic E-state index is 0.101. The SMILES string of the molecule is O=C(O)CC(c1ccc(F)cc1)c1ccnc(Oc2ccc(CNc3ccccn3)cc2)n1. The second kappa shape index (κ2) is 10.3. The van der Waals surface area contributed by atoms with Crippen molar-refractivity contribution in [2.75, 3.05) is 5.32 Å². The van der Waals surface area contributed by atoms with Gasteiger partial charge in [-0.15, -0.1) is 0 Å². The summed E-state index contributed by atoms with van der Waals surface area (Å²) in [5.41, 5.74) is 2.17. The van der Waals surface area contributed by atoms with Crippen LogP contribution in [0.3, 0.4) is 0 Å². The maximum absolute atomic E-state index is 13.3. The van der Waals surface area contributed by atoms with Gasteiger partial charge in [0.1, 0.15) is 17.4 Å². The number of nitrogens with one attached hydrogen (secondary N) is 1. The van der Waals surface area contributed by atoms with Gasteiger partial charge in [0.05, 0.1) is 12.1 Å². The molecule has 0 aliphatic carbocycles. The first kappa shape index (κ1) is 21.9. The molecular weight excluding hydrogens is 423 g/mol. The monoisotopic (exact) mass is 444 g/mol. The number of anilines is 1. The Hall–Kier alpha value is -4.33. The van der Waals surface area contributed by atoms with Crippen LogP contribution in [-0.4, -0.2) is 26.0 Å². The number of halogens is 1. The molecule has 0 amide bonds. The highest BCUT2D eigenvalue weighted by atomic mass is 19.1. The number of carboxylic acid groups (broad SMARTS) is 1. The minimum Gasteiger partial charge on any atom is -0.481 e. The van der Waals surface area contributed by atoms with Crippen LogP contribution in [0.25, 0.3) is 0 Å². The maximum Gasteiger partial charge on any atom is 0.322 e. The van der Waals surface area contributed by atoms with Crippen LogP contribution in [-0.2, 0) is 11.3 Å². The van der Waals surface area contributed by atoms with Crippen LogP contribution in [0.4, 0.5) is 10.2 Å². The average molecular weight is 444 g/mol. The standard InChI is InChI=1S/C25H21FN4O3/c26-19-8-6-18(7-9-19)21(15-24(31)32)22-12-14-28-25(30-22)33-20-10-4-17(5-11-20)16-29-23-3-1-2-13-27-23/h1-14,21H,15-16H2,(H,27,29)(H,31,32). The van der Waals surface area contributed by atoms with Gasteiger partial charge in [-0.25, -0.2) is 14.4 Å². The van der Waals surface area contributed by atoms with Crippen LogP contribution in [0.1, 0.15) is 29.2 Å². The van der Waals surface area contributed by atoms with Gasteiger partial charge in [-0.2, -0.15) is 4.98 Å². The quantitative estimate of drug-likeness (QED) is 0.374. The van der Waals surface area contributed by atoms with Crippen molar-refractivity contribution in [3.63, 3.8) is 0 Å². The smallest absolute Gasteiger partial charge is 0.322 e. The fourth-order valence-corrected chi connectivity index (χ4v) is 3.30. The Morgan fingerprint density at radius 3 is 2.45 bits per heavy atom. The number of carbonyl (C=O) groups is 1. The summed E-state index contributed by atoms with van der Waals surface area (Å²) in [5, 5.41) is 12.6. The molecule has 4 aromatic rings. The molecule has 0 aliphatic rings. The molecule has 33 heavy (non-hydrogen) atoms. The van der Waals surface area contributed by atoms with Crippen molar-refractivity contribution in [1.82, 2.24) is 15.0 Å². The Morgan fingerprint density at radius 1 is 0.970 bits per heavy atom. The number of benzene rings is 2. The van der Waals surface area contributed by atoms with Crippen molar-refractivity contribution >= 4 is 11.8 Å². The fraction of sp³-hybridized carbons (Fsp3) is 0.120. The Balaban J connectivity index is 1.46. The second-order valence-electron chi connectivity index (χ2n) is 7.28. The Bertz CT molecular complexity index is 1200. The lowest BCUT2D eigenvalue weighted by Gasteiger charge is -2.15. The predicted molar refractivity (Wildman–Crippen MR) is 121 cm³/mol. The van der Waals surface area contributed by atoms with Gasteiger partial charge in [0.15, 0.2) is 0 Å². The summed E-state index contributed by atoms with van der Waals surface area (Å²) >= 11 is 0. The van der Waals surface area contributed by atoms with Crippen molar-refractivity contribution < 1.29 is 19.0 Å². The number of nitrogens with zero attached hydrogens (tertiary/aromatic N) is 3. The van der Waals surface area contributed by atoms with E-state index in [1.807, 2.05) is 30.3 Å². The van der Waals surface area contributed by atoms with Crippen LogP contribution in [0, 0.1) is 5.82 Å². The zero-order valence-corrected chi connectivity index (χ0v) is 17.6. The summed E-state index contributed by atoms with van der Waals surface area (Å²) in [6.45, 7) is 0.609. The number of ether oxygens (including phenoxy) is 1. The zero-order chi connectivity index (χ0) is 23.0. The molecule has 1 unspecified atom stereocenters. The number of pyridine rings is 1. The molecule has 0 saturated carbocycles. The number of aliphatic carboxylic acids is 1. The summed E-state index contributed by atoms with van der Waals surface area (Å²) in [4.78, 5) is 24.2. The molecule has 0 spiro atoms. The molecule has 0 aliphatic heterocycles. The molecule has 2 N–H and O–H groups in total. The second-order valence-corrected chi connectivity index (χ2v) is 7.28. The lowest BCUT2D eigenvalue weighted by Crippen LogP contribution is -2.10. The summed E-state index contributed by atoms with van der Waals surface area (Å²) in [6, 6.07) is 20.6. The van der Waals surface area contributed by atoms with E-state index in [-0.39, 0.29) is 12.4 Å². The van der Waals surface area contributed by atoms with E-state index in [2.05, 4.69) is 20.3 Å². The molecule has 4 rings (SSSR count). The molecule has 2 heterocycles. The third-order valence-electron chi connectivity index (χ3n) is 4.93. The van der Waals surface area contributed by atoms with Gasteiger partial charge in [-0.1, -0.05) is 30.3 Å². The molecule has 7 nitrogen and oxygen atoms in total. The number of hydrogen-bond acceptors (Lipinski definition) is 6. The molecule has 1 atom stereocenters. The summed E-state index contributed by atoms with van der Waals surface area (Å²) < 4.78 is 19.1. The van der Waals surface area contributed by atoms with E-state index in [1.54, 1.807) is 36.5 Å². The molecular formula is C25H21FN4O3. The van der Waals surface area contributed by atoms with E-state index in [1.165, 1.54) is 18.3 Å². The van der Waals surface area contributed by atoms with Crippen LogP contribution < -0.4 is 10.1 Å². The molecule has 0 radical (unpaired) electrons. The lowest BCUT2D eigenvalue weighted by atomic mass is 9.92. The third kappa shape index (κ3) is 6.10. The number of aromatic nitrogens is 3. The zero-order valence-electron chi connectivity index (χ0n) is 17.6. The topological polar surface area (TPSA) is 97.2 Å². The first-order valence-electron chi connectivity index (χ1n) is 10.3. The first-order chi connectivity index (χ1) is 16.1. The molecule has 0 bridgehead atoms. The maximum atomic E-state index is 13.3. The molecule has 0 saturated heterocycles. The highest BCUT2D eigenvalue weighted by Gasteiger charge is 2.20. The molecule has 2 aromatic carbocycles. The Kier molecular flexibility index (Phi) is 6.84. The predicted octanol–water partition coefficient (Wildman–Crippen LogP) is 5.02. The van der Waals surface area contributed by atoms with E-state index in [0.29, 0.717) is 23.6 Å². The van der Waals surface area contributed by atoms with E-state index >= 15 is 0 Å². The van der Waals surface area contributed by atoms with Gasteiger partial charge in [0.25, 0.3) is 0 Å². The van der Waals surface area contributed by atoms with Gasteiger partial charge in [-0.05, 0) is 53.6 Å². The van der Waals surface area contributed by atoms with Crippen molar-refractivity contribution in [3.05, 3.63) is 108 Å². The fourth-order valence-electron chi connectivity index (χ4n) is 3.30. The van der Waals surface area contributed by atoms with Crippen LogP contribution in [0.5, 0.6) is 11.8 Å². The van der Waals surface area contributed by atoms with Gasteiger partial charge < -0.3 is 15.2 Å². The number of hydrogen-bond donors (Lipinski definition) is 2. The Morgan fingerprint density at radius 2 is 1.76 bits per heavy atom. The summed E-state index contributed by atoms with van der Waals surface area (Å²) in [7, 11) is 0. The van der Waals surface area contributed by atoms with Gasteiger partial charge in [0.2, 0.25) is 0 Å². The number of rotatable bonds is 9. The first-order valence-corrected chi connectivity index (χ1v) is 10.3. The Labute approximate surface area is 190 Å².